The van der Waals surface area contributed by atoms with Gasteiger partial charge in [0, 0.05) is 18.0 Å². The van der Waals surface area contributed by atoms with E-state index in [0.29, 0.717) is 17.2 Å². The Morgan fingerprint density at radius 3 is 2.68 bits per heavy atom. The van der Waals surface area contributed by atoms with Gasteiger partial charge in [-0.3, -0.25) is 9.59 Å². The van der Waals surface area contributed by atoms with E-state index in [-0.39, 0.29) is 29.9 Å². The number of nitrogens with zero attached hydrogens (tertiary/aromatic N) is 1. The fourth-order valence-corrected chi connectivity index (χ4v) is 4.27. The molecule has 0 saturated heterocycles. The largest absolute Gasteiger partial charge is 0.494 e. The summed E-state index contributed by atoms with van der Waals surface area (Å²) in [5.41, 5.74) is 4.21. The lowest BCUT2D eigenvalue weighted by atomic mass is 9.87. The lowest BCUT2D eigenvalue weighted by Crippen LogP contribution is -2.31. The number of hydrogen-bond donors (Lipinski definition) is 2. The van der Waals surface area contributed by atoms with E-state index in [1.165, 1.54) is 11.8 Å². The van der Waals surface area contributed by atoms with Gasteiger partial charge in [0.2, 0.25) is 11.8 Å². The van der Waals surface area contributed by atoms with Gasteiger partial charge in [-0.15, -0.1) is 0 Å². The Morgan fingerprint density at radius 2 is 2.00 bits per heavy atom. The molecular formula is C24H25N3O3S. The summed E-state index contributed by atoms with van der Waals surface area (Å²) >= 11 is 1.17. The fraction of sp³-hybridized carbons (Fsp3) is 0.292. The summed E-state index contributed by atoms with van der Waals surface area (Å²) in [4.78, 5) is 24.8. The number of rotatable bonds is 7. The van der Waals surface area contributed by atoms with Gasteiger partial charge in [-0.2, -0.15) is 5.26 Å². The van der Waals surface area contributed by atoms with Gasteiger partial charge in [0.25, 0.3) is 0 Å². The zero-order valence-electron chi connectivity index (χ0n) is 17.8. The molecule has 1 aliphatic heterocycles. The molecule has 0 radical (unpaired) electrons. The molecule has 2 N–H and O–H groups in total. The predicted octanol–water partition coefficient (Wildman–Crippen LogP) is 4.41. The maximum absolute atomic E-state index is 12.5. The molecule has 0 unspecified atom stereocenters. The molecule has 2 aromatic carbocycles. The summed E-state index contributed by atoms with van der Waals surface area (Å²) in [5, 5.41) is 15.9. The second-order valence-electron chi connectivity index (χ2n) is 7.25. The molecule has 0 spiro atoms. The SMILES string of the molecule is CCOc1ccc([C@H]2CC(=O)NC(SCC(=O)Nc3cccc(C)c3C)=C2C#N)cc1. The first kappa shape index (κ1) is 22.4. The van der Waals surface area contributed by atoms with E-state index in [1.54, 1.807) is 0 Å². The van der Waals surface area contributed by atoms with Crippen LogP contribution in [-0.4, -0.2) is 24.2 Å². The predicted molar refractivity (Wildman–Crippen MR) is 123 cm³/mol. The highest BCUT2D eigenvalue weighted by atomic mass is 32.2. The third-order valence-corrected chi connectivity index (χ3v) is 6.19. The van der Waals surface area contributed by atoms with Gasteiger partial charge in [0.15, 0.2) is 0 Å². The van der Waals surface area contributed by atoms with Crippen LogP contribution in [0, 0.1) is 25.2 Å². The number of hydrogen-bond acceptors (Lipinski definition) is 5. The minimum absolute atomic E-state index is 0.0875. The smallest absolute Gasteiger partial charge is 0.234 e. The number of amides is 2. The van der Waals surface area contributed by atoms with Crippen molar-refractivity contribution in [3.63, 3.8) is 0 Å². The van der Waals surface area contributed by atoms with Crippen LogP contribution >= 0.6 is 11.8 Å². The summed E-state index contributed by atoms with van der Waals surface area (Å²) in [5.74, 6) is 0.117. The highest BCUT2D eigenvalue weighted by molar-refractivity contribution is 8.03. The molecule has 2 aromatic rings. The monoisotopic (exact) mass is 435 g/mol. The molecule has 0 fully saturated rings. The molecule has 0 saturated carbocycles. The zero-order valence-corrected chi connectivity index (χ0v) is 18.6. The van der Waals surface area contributed by atoms with Crippen molar-refractivity contribution < 1.29 is 14.3 Å². The highest BCUT2D eigenvalue weighted by Gasteiger charge is 2.30. The molecule has 3 rings (SSSR count). The first-order chi connectivity index (χ1) is 14.9. The molecular weight excluding hydrogens is 410 g/mol. The first-order valence-corrected chi connectivity index (χ1v) is 11.1. The Morgan fingerprint density at radius 1 is 1.26 bits per heavy atom. The van der Waals surface area contributed by atoms with E-state index in [4.69, 9.17) is 4.74 Å². The molecule has 1 heterocycles. The van der Waals surface area contributed by atoms with Crippen LogP contribution in [0.15, 0.2) is 53.1 Å². The van der Waals surface area contributed by atoms with Crippen molar-refractivity contribution in [2.75, 3.05) is 17.7 Å². The van der Waals surface area contributed by atoms with E-state index < -0.39 is 0 Å². The standard InChI is InChI=1S/C24H25N3O3S/c1-4-30-18-10-8-17(9-11-18)19-12-22(28)27-24(20(19)13-25)31-14-23(29)26-21-7-5-6-15(2)16(21)3/h5-11,19H,4,12,14H2,1-3H3,(H,26,29)(H,27,28)/t19-/m1/s1. The number of allylic oxidation sites excluding steroid dienone is 1. The minimum atomic E-state index is -0.348. The van der Waals surface area contributed by atoms with Gasteiger partial charge in [-0.25, -0.2) is 0 Å². The van der Waals surface area contributed by atoms with Crippen LogP contribution in [0.5, 0.6) is 5.75 Å². The number of anilines is 1. The van der Waals surface area contributed by atoms with E-state index >= 15 is 0 Å². The van der Waals surface area contributed by atoms with Crippen molar-refractivity contribution in [1.29, 1.82) is 5.26 Å². The third kappa shape index (κ3) is 5.47. The van der Waals surface area contributed by atoms with Gasteiger partial charge in [0.1, 0.15) is 5.75 Å². The maximum Gasteiger partial charge on any atom is 0.234 e. The average Bonchev–Trinajstić information content (AvgIpc) is 2.76. The normalized spacial score (nSPS) is 15.8. The van der Waals surface area contributed by atoms with Crippen molar-refractivity contribution >= 4 is 29.3 Å². The quantitative estimate of drug-likeness (QED) is 0.672. The maximum atomic E-state index is 12.5. The van der Waals surface area contributed by atoms with Crippen LogP contribution in [0.25, 0.3) is 0 Å². The van der Waals surface area contributed by atoms with E-state index in [1.807, 2.05) is 63.2 Å². The molecule has 0 bridgehead atoms. The molecule has 0 aliphatic carbocycles. The lowest BCUT2D eigenvalue weighted by molar-refractivity contribution is -0.121. The molecule has 31 heavy (non-hydrogen) atoms. The van der Waals surface area contributed by atoms with Crippen molar-refractivity contribution in [3.05, 3.63) is 69.8 Å². The Hall–Kier alpha value is -3.24. The second-order valence-corrected chi connectivity index (χ2v) is 8.23. The molecule has 1 atom stereocenters. The van der Waals surface area contributed by atoms with Crippen LogP contribution in [0.2, 0.25) is 0 Å². The molecule has 0 aromatic heterocycles. The summed E-state index contributed by atoms with van der Waals surface area (Å²) in [6.07, 6.45) is 0.190. The second kappa shape index (κ2) is 10.2. The van der Waals surface area contributed by atoms with Gasteiger partial charge in [-0.1, -0.05) is 36.0 Å². The summed E-state index contributed by atoms with van der Waals surface area (Å²) in [6, 6.07) is 15.4. The Bertz CT molecular complexity index is 1050. The van der Waals surface area contributed by atoms with E-state index in [9.17, 15) is 14.9 Å². The van der Waals surface area contributed by atoms with Gasteiger partial charge in [0.05, 0.1) is 29.0 Å². The molecule has 7 heteroatoms. The molecule has 2 amide bonds. The number of nitriles is 1. The summed E-state index contributed by atoms with van der Waals surface area (Å²) < 4.78 is 5.47. The molecule has 1 aliphatic rings. The van der Waals surface area contributed by atoms with E-state index in [2.05, 4.69) is 16.7 Å². The van der Waals surface area contributed by atoms with Crippen molar-refractivity contribution in [3.8, 4) is 11.8 Å². The summed E-state index contributed by atoms with van der Waals surface area (Å²) in [6.45, 7) is 6.43. The first-order valence-electron chi connectivity index (χ1n) is 10.1. The Kier molecular flexibility index (Phi) is 7.37. The van der Waals surface area contributed by atoms with Crippen molar-refractivity contribution in [2.24, 2.45) is 0 Å². The average molecular weight is 436 g/mol. The van der Waals surface area contributed by atoms with Crippen LogP contribution in [0.3, 0.4) is 0 Å². The Labute approximate surface area is 186 Å². The number of benzene rings is 2. The van der Waals surface area contributed by atoms with Gasteiger partial charge < -0.3 is 15.4 Å². The molecule has 160 valence electrons. The van der Waals surface area contributed by atoms with Gasteiger partial charge in [-0.05, 0) is 55.7 Å². The minimum Gasteiger partial charge on any atom is -0.494 e. The van der Waals surface area contributed by atoms with E-state index in [0.717, 1.165) is 28.1 Å². The number of aryl methyl sites for hydroxylation is 1. The van der Waals surface area contributed by atoms with Crippen molar-refractivity contribution in [2.45, 2.75) is 33.1 Å². The highest BCUT2D eigenvalue weighted by Crippen LogP contribution is 2.36. The number of carbonyl (C=O) groups excluding carboxylic acids is 2. The molecule has 6 nitrogen and oxygen atoms in total. The van der Waals surface area contributed by atoms with Crippen LogP contribution in [-0.2, 0) is 9.59 Å². The number of carbonyl (C=O) groups is 2. The topological polar surface area (TPSA) is 91.2 Å². The number of thioether (sulfide) groups is 1. The Balaban J connectivity index is 1.75. The fourth-order valence-electron chi connectivity index (χ4n) is 3.39. The third-order valence-electron chi connectivity index (χ3n) is 5.18. The van der Waals surface area contributed by atoms with Crippen LogP contribution in [0.4, 0.5) is 5.69 Å². The van der Waals surface area contributed by atoms with Crippen molar-refractivity contribution in [1.82, 2.24) is 5.32 Å². The van der Waals surface area contributed by atoms with Crippen LogP contribution in [0.1, 0.15) is 36.0 Å². The zero-order chi connectivity index (χ0) is 22.4. The van der Waals surface area contributed by atoms with Gasteiger partial charge >= 0.3 is 0 Å². The van der Waals surface area contributed by atoms with Crippen LogP contribution < -0.4 is 15.4 Å². The summed E-state index contributed by atoms with van der Waals surface area (Å²) in [7, 11) is 0. The number of ether oxygens (including phenoxy) is 1. The number of nitrogens with one attached hydrogen (secondary N) is 2. The lowest BCUT2D eigenvalue weighted by Gasteiger charge is -2.25.